The fraction of sp³-hybridized carbons (Fsp3) is 0.176. The molecule has 2 aromatic rings. The second-order valence-electron chi connectivity index (χ2n) is 5.26. The Balaban J connectivity index is 1.91. The number of hydrogen-bond donors (Lipinski definition) is 1. The van der Waals surface area contributed by atoms with Gasteiger partial charge in [0.2, 0.25) is 0 Å². The van der Waals surface area contributed by atoms with E-state index in [1.54, 1.807) is 24.3 Å². The third-order valence-electron chi connectivity index (χ3n) is 3.28. The molecule has 27 heavy (non-hydrogen) atoms. The average Bonchev–Trinajstić information content (AvgIpc) is 2.62. The number of nitrogens with zero attached hydrogens (tertiary/aromatic N) is 1. The van der Waals surface area contributed by atoms with Gasteiger partial charge in [0.1, 0.15) is 0 Å². The number of ether oxygens (including phenoxy) is 1. The van der Waals surface area contributed by atoms with E-state index in [1.165, 1.54) is 30.8 Å². The van der Waals surface area contributed by atoms with Crippen LogP contribution in [0.25, 0.3) is 0 Å². The van der Waals surface area contributed by atoms with E-state index in [9.17, 15) is 19.7 Å². The first-order chi connectivity index (χ1) is 12.8. The second kappa shape index (κ2) is 9.59. The summed E-state index contributed by atoms with van der Waals surface area (Å²) < 4.78 is 5.07. The molecule has 0 aliphatic carbocycles. The lowest BCUT2D eigenvalue weighted by molar-refractivity contribution is -0.384. The zero-order chi connectivity index (χ0) is 20.0. The maximum atomic E-state index is 12.2. The predicted octanol–water partition coefficient (Wildman–Crippen LogP) is 4.56. The third-order valence-corrected chi connectivity index (χ3v) is 5.10. The van der Waals surface area contributed by atoms with Crippen LogP contribution >= 0.6 is 35.0 Å². The number of nitro benzene ring substituents is 1. The van der Waals surface area contributed by atoms with Crippen LogP contribution < -0.4 is 5.32 Å². The number of nitro groups is 1. The fourth-order valence-electron chi connectivity index (χ4n) is 1.94. The van der Waals surface area contributed by atoms with E-state index in [0.29, 0.717) is 5.02 Å². The summed E-state index contributed by atoms with van der Waals surface area (Å²) >= 11 is 13.1. The van der Waals surface area contributed by atoms with Crippen LogP contribution in [0.4, 0.5) is 11.4 Å². The van der Waals surface area contributed by atoms with Gasteiger partial charge in [0, 0.05) is 17.0 Å². The van der Waals surface area contributed by atoms with Crippen LogP contribution in [0.15, 0.2) is 47.4 Å². The van der Waals surface area contributed by atoms with E-state index in [0.717, 1.165) is 11.0 Å². The molecular formula is C17H14Cl2N2O5S. The molecule has 0 aliphatic rings. The minimum atomic E-state index is -1.11. The number of thioether (sulfide) groups is 1. The Morgan fingerprint density at radius 1 is 1.22 bits per heavy atom. The molecule has 0 radical (unpaired) electrons. The van der Waals surface area contributed by atoms with Gasteiger partial charge in [-0.2, -0.15) is 0 Å². The Labute approximate surface area is 169 Å². The maximum Gasteiger partial charge on any atom is 0.317 e. The highest BCUT2D eigenvalue weighted by Gasteiger charge is 2.20. The Bertz CT molecular complexity index is 878. The van der Waals surface area contributed by atoms with Crippen molar-refractivity contribution in [3.63, 3.8) is 0 Å². The van der Waals surface area contributed by atoms with Crippen LogP contribution in [0.3, 0.4) is 0 Å². The molecule has 1 atom stereocenters. The van der Waals surface area contributed by atoms with Crippen LogP contribution in [0.5, 0.6) is 0 Å². The largest absolute Gasteiger partial charge is 0.452 e. The summed E-state index contributed by atoms with van der Waals surface area (Å²) in [6.07, 6.45) is -1.11. The van der Waals surface area contributed by atoms with Crippen LogP contribution in [-0.4, -0.2) is 28.7 Å². The summed E-state index contributed by atoms with van der Waals surface area (Å²) in [6, 6.07) is 10.7. The van der Waals surface area contributed by atoms with Crippen molar-refractivity contribution in [2.45, 2.75) is 17.9 Å². The number of halogens is 2. The van der Waals surface area contributed by atoms with Crippen molar-refractivity contribution in [3.05, 3.63) is 62.6 Å². The number of benzene rings is 2. The zero-order valence-electron chi connectivity index (χ0n) is 14.0. The van der Waals surface area contributed by atoms with Crippen LogP contribution in [0, 0.1) is 10.1 Å². The van der Waals surface area contributed by atoms with E-state index in [1.807, 2.05) is 0 Å². The summed E-state index contributed by atoms with van der Waals surface area (Å²) in [6.45, 7) is 1.39. The molecule has 142 valence electrons. The molecule has 10 heteroatoms. The summed E-state index contributed by atoms with van der Waals surface area (Å²) in [5.41, 5.74) is -0.167. The zero-order valence-corrected chi connectivity index (χ0v) is 16.3. The predicted molar refractivity (Wildman–Crippen MR) is 104 cm³/mol. The lowest BCUT2D eigenvalue weighted by atomic mass is 10.2. The van der Waals surface area contributed by atoms with Gasteiger partial charge in [0.15, 0.2) is 6.10 Å². The van der Waals surface area contributed by atoms with Crippen molar-refractivity contribution >= 4 is 58.2 Å². The molecule has 1 amide bonds. The van der Waals surface area contributed by atoms with Crippen LogP contribution in [0.1, 0.15) is 6.92 Å². The number of rotatable bonds is 7. The number of hydrogen-bond acceptors (Lipinski definition) is 6. The summed E-state index contributed by atoms with van der Waals surface area (Å²) in [7, 11) is 0. The van der Waals surface area contributed by atoms with Crippen LogP contribution in [0.2, 0.25) is 10.0 Å². The standard InChI is InChI=1S/C17H14Cl2N2O5S/c1-10(26-16(22)9-27-15-5-3-2-4-13(15)19)17(23)20-14-8-11(21(24)25)6-7-12(14)18/h2-8,10H,9H2,1H3,(H,20,23). The van der Waals surface area contributed by atoms with Gasteiger partial charge in [-0.05, 0) is 25.1 Å². The molecule has 7 nitrogen and oxygen atoms in total. The topological polar surface area (TPSA) is 98.5 Å². The molecule has 0 fully saturated rings. The number of non-ortho nitro benzene ring substituents is 1. The molecule has 0 saturated carbocycles. The highest BCUT2D eigenvalue weighted by molar-refractivity contribution is 8.00. The van der Waals surface area contributed by atoms with Crippen molar-refractivity contribution in [2.75, 3.05) is 11.1 Å². The van der Waals surface area contributed by atoms with Crippen LogP contribution in [-0.2, 0) is 14.3 Å². The van der Waals surface area contributed by atoms with Crippen molar-refractivity contribution in [1.29, 1.82) is 0 Å². The minimum Gasteiger partial charge on any atom is -0.452 e. The molecule has 0 aliphatic heterocycles. The molecule has 1 N–H and O–H groups in total. The molecule has 0 aromatic heterocycles. The molecule has 0 bridgehead atoms. The van der Waals surface area contributed by atoms with Gasteiger partial charge in [-0.25, -0.2) is 0 Å². The first-order valence-corrected chi connectivity index (χ1v) is 9.33. The molecule has 0 spiro atoms. The van der Waals surface area contributed by atoms with Gasteiger partial charge in [-0.15, -0.1) is 11.8 Å². The van der Waals surface area contributed by atoms with Crippen molar-refractivity contribution in [3.8, 4) is 0 Å². The van der Waals surface area contributed by atoms with E-state index in [4.69, 9.17) is 27.9 Å². The summed E-state index contributed by atoms with van der Waals surface area (Å²) in [5, 5.41) is 13.9. The minimum absolute atomic E-state index is 0.0289. The lowest BCUT2D eigenvalue weighted by Gasteiger charge is -2.14. The highest BCUT2D eigenvalue weighted by atomic mass is 35.5. The second-order valence-corrected chi connectivity index (χ2v) is 7.09. The average molecular weight is 429 g/mol. The van der Waals surface area contributed by atoms with Gasteiger partial charge in [0.05, 0.1) is 26.4 Å². The first-order valence-electron chi connectivity index (χ1n) is 7.59. The Hall–Kier alpha value is -2.29. The molecular weight excluding hydrogens is 415 g/mol. The molecule has 2 rings (SSSR count). The molecule has 1 unspecified atom stereocenters. The van der Waals surface area contributed by atoms with Crippen molar-refractivity contribution in [2.24, 2.45) is 0 Å². The molecule has 0 saturated heterocycles. The number of esters is 1. The summed E-state index contributed by atoms with van der Waals surface area (Å²) in [4.78, 5) is 35.0. The Morgan fingerprint density at radius 3 is 2.59 bits per heavy atom. The van der Waals surface area contributed by atoms with Gasteiger partial charge in [0.25, 0.3) is 11.6 Å². The number of carbonyl (C=O) groups is 2. The lowest BCUT2D eigenvalue weighted by Crippen LogP contribution is -2.30. The number of anilines is 1. The fourth-order valence-corrected chi connectivity index (χ4v) is 3.13. The Kier molecular flexibility index (Phi) is 7.46. The smallest absolute Gasteiger partial charge is 0.317 e. The Morgan fingerprint density at radius 2 is 1.93 bits per heavy atom. The van der Waals surface area contributed by atoms with Crippen molar-refractivity contribution in [1.82, 2.24) is 0 Å². The number of amides is 1. The first kappa shape index (κ1) is 21.0. The van der Waals surface area contributed by atoms with Gasteiger partial charge < -0.3 is 10.1 Å². The van der Waals surface area contributed by atoms with Crippen molar-refractivity contribution < 1.29 is 19.2 Å². The number of nitrogens with one attached hydrogen (secondary N) is 1. The van der Waals surface area contributed by atoms with E-state index >= 15 is 0 Å². The van der Waals surface area contributed by atoms with Gasteiger partial charge in [-0.1, -0.05) is 35.3 Å². The maximum absolute atomic E-state index is 12.2. The summed E-state index contributed by atoms with van der Waals surface area (Å²) in [5.74, 6) is -1.29. The molecule has 2 aromatic carbocycles. The van der Waals surface area contributed by atoms with Gasteiger partial charge >= 0.3 is 5.97 Å². The third kappa shape index (κ3) is 6.13. The van der Waals surface area contributed by atoms with E-state index in [-0.39, 0.29) is 22.2 Å². The quantitative estimate of drug-likeness (QED) is 0.300. The highest BCUT2D eigenvalue weighted by Crippen LogP contribution is 2.28. The normalized spacial score (nSPS) is 11.5. The SMILES string of the molecule is CC(OC(=O)CSc1ccccc1Cl)C(=O)Nc1cc([N+](=O)[O-])ccc1Cl. The van der Waals surface area contributed by atoms with Gasteiger partial charge in [-0.3, -0.25) is 19.7 Å². The molecule has 0 heterocycles. The van der Waals surface area contributed by atoms with E-state index in [2.05, 4.69) is 5.32 Å². The van der Waals surface area contributed by atoms with E-state index < -0.39 is 22.9 Å². The number of carbonyl (C=O) groups excluding carboxylic acids is 2. The monoisotopic (exact) mass is 428 g/mol.